The van der Waals surface area contributed by atoms with E-state index in [0.29, 0.717) is 6.07 Å². The second kappa shape index (κ2) is 8.87. The third-order valence-electron chi connectivity index (χ3n) is 3.74. The number of ether oxygens (including phenoxy) is 1. The Bertz CT molecular complexity index is 1060. The summed E-state index contributed by atoms with van der Waals surface area (Å²) in [6.45, 7) is 1.88. The van der Waals surface area contributed by atoms with Crippen molar-refractivity contribution in [2.45, 2.75) is 6.92 Å². The summed E-state index contributed by atoms with van der Waals surface area (Å²) in [6.07, 6.45) is 1.31. The number of aromatic nitrogens is 2. The number of nitrogens with one attached hydrogen (secondary N) is 2. The molecule has 1 amide bonds. The molecule has 3 aromatic rings. The minimum Gasteiger partial charge on any atom is -0.462 e. The van der Waals surface area contributed by atoms with Gasteiger partial charge in [0.1, 0.15) is 17.3 Å². The van der Waals surface area contributed by atoms with Gasteiger partial charge in [-0.15, -0.1) is 0 Å². The Kier molecular flexibility index (Phi) is 6.08. The monoisotopic (exact) mass is 398 g/mol. The van der Waals surface area contributed by atoms with E-state index < -0.39 is 23.5 Å². The Balaban J connectivity index is 1.79. The van der Waals surface area contributed by atoms with Crippen molar-refractivity contribution in [3.8, 4) is 0 Å². The third-order valence-corrected chi connectivity index (χ3v) is 3.74. The van der Waals surface area contributed by atoms with E-state index in [4.69, 9.17) is 4.74 Å². The minimum absolute atomic E-state index is 0.0244. The van der Waals surface area contributed by atoms with Gasteiger partial charge in [0.15, 0.2) is 0 Å². The number of para-hydroxylation sites is 1. The normalized spacial score (nSPS) is 10.3. The van der Waals surface area contributed by atoms with Crippen LogP contribution in [0.5, 0.6) is 0 Å². The zero-order valence-electron chi connectivity index (χ0n) is 15.3. The average Bonchev–Trinajstić information content (AvgIpc) is 2.71. The van der Waals surface area contributed by atoms with Crippen LogP contribution in [-0.2, 0) is 4.74 Å². The summed E-state index contributed by atoms with van der Waals surface area (Å²) < 4.78 is 31.8. The molecule has 0 saturated carbocycles. The van der Waals surface area contributed by atoms with E-state index in [-0.39, 0.29) is 35.2 Å². The van der Waals surface area contributed by atoms with Crippen LogP contribution in [-0.4, -0.2) is 28.5 Å². The first-order valence-electron chi connectivity index (χ1n) is 8.60. The second-order valence-electron chi connectivity index (χ2n) is 5.73. The second-order valence-corrected chi connectivity index (χ2v) is 5.73. The summed E-state index contributed by atoms with van der Waals surface area (Å²) in [4.78, 5) is 32.5. The quantitative estimate of drug-likeness (QED) is 0.611. The van der Waals surface area contributed by atoms with Gasteiger partial charge in [0.25, 0.3) is 5.91 Å². The van der Waals surface area contributed by atoms with E-state index in [0.717, 1.165) is 6.07 Å². The zero-order valence-corrected chi connectivity index (χ0v) is 15.3. The lowest BCUT2D eigenvalue weighted by atomic mass is 10.1. The lowest BCUT2D eigenvalue weighted by Gasteiger charge is -2.11. The lowest BCUT2D eigenvalue weighted by Crippen LogP contribution is -2.17. The van der Waals surface area contributed by atoms with E-state index in [2.05, 4.69) is 20.6 Å². The number of carbonyl (C=O) groups is 2. The van der Waals surface area contributed by atoms with Gasteiger partial charge in [-0.05, 0) is 37.3 Å². The van der Waals surface area contributed by atoms with Crippen LogP contribution in [0.3, 0.4) is 0 Å². The summed E-state index contributed by atoms with van der Waals surface area (Å²) in [7, 11) is 0. The van der Waals surface area contributed by atoms with Crippen molar-refractivity contribution in [2.75, 3.05) is 17.2 Å². The molecule has 0 saturated heterocycles. The number of hydrogen-bond acceptors (Lipinski definition) is 6. The molecule has 29 heavy (non-hydrogen) atoms. The molecule has 0 radical (unpaired) electrons. The van der Waals surface area contributed by atoms with Gasteiger partial charge in [0.2, 0.25) is 5.95 Å². The Morgan fingerprint density at radius 1 is 1.07 bits per heavy atom. The number of hydrogen-bond donors (Lipinski definition) is 2. The summed E-state index contributed by atoms with van der Waals surface area (Å²) in [6, 6.07) is 10.7. The number of benzene rings is 2. The van der Waals surface area contributed by atoms with Crippen LogP contribution in [0.1, 0.15) is 27.8 Å². The van der Waals surface area contributed by atoms with Crippen LogP contribution in [0, 0.1) is 11.6 Å². The standard InChI is InChI=1S/C20H16F2N4O3/c1-2-29-19(28)13-5-3-4-6-15(13)24-18(27)17-9-10-23-20(26-17)25-16-8-7-12(21)11-14(16)22/h3-11H,2H2,1H3,(H,24,27)(H,23,25,26). The number of amides is 1. The molecule has 0 fully saturated rings. The number of nitrogens with zero attached hydrogens (tertiary/aromatic N) is 2. The van der Waals surface area contributed by atoms with Crippen molar-refractivity contribution in [3.63, 3.8) is 0 Å². The number of carbonyl (C=O) groups excluding carboxylic acids is 2. The van der Waals surface area contributed by atoms with Gasteiger partial charge in [-0.25, -0.2) is 23.5 Å². The van der Waals surface area contributed by atoms with Crippen molar-refractivity contribution in [3.05, 3.63) is 77.6 Å². The molecule has 0 aliphatic heterocycles. The number of esters is 1. The molecule has 0 spiro atoms. The van der Waals surface area contributed by atoms with Crippen LogP contribution in [0.2, 0.25) is 0 Å². The van der Waals surface area contributed by atoms with E-state index in [9.17, 15) is 18.4 Å². The summed E-state index contributed by atoms with van der Waals surface area (Å²) in [5.74, 6) is -2.77. The van der Waals surface area contributed by atoms with E-state index in [1.165, 1.54) is 24.4 Å². The topological polar surface area (TPSA) is 93.2 Å². The molecule has 1 aromatic heterocycles. The predicted octanol–water partition coefficient (Wildman–Crippen LogP) is 3.93. The SMILES string of the molecule is CCOC(=O)c1ccccc1NC(=O)c1ccnc(Nc2ccc(F)cc2F)n1. The first-order valence-corrected chi connectivity index (χ1v) is 8.60. The van der Waals surface area contributed by atoms with Crippen molar-refractivity contribution >= 4 is 29.2 Å². The Morgan fingerprint density at radius 2 is 1.86 bits per heavy atom. The van der Waals surface area contributed by atoms with Gasteiger partial charge >= 0.3 is 5.97 Å². The highest BCUT2D eigenvalue weighted by molar-refractivity contribution is 6.07. The van der Waals surface area contributed by atoms with Gasteiger partial charge < -0.3 is 15.4 Å². The van der Waals surface area contributed by atoms with Crippen LogP contribution >= 0.6 is 0 Å². The molecule has 0 bridgehead atoms. The Morgan fingerprint density at radius 3 is 2.62 bits per heavy atom. The fourth-order valence-corrected chi connectivity index (χ4v) is 2.42. The molecule has 1 heterocycles. The zero-order chi connectivity index (χ0) is 20.8. The maximum atomic E-state index is 13.8. The maximum Gasteiger partial charge on any atom is 0.340 e. The van der Waals surface area contributed by atoms with Gasteiger partial charge in [-0.2, -0.15) is 0 Å². The first kappa shape index (κ1) is 19.9. The van der Waals surface area contributed by atoms with Crippen LogP contribution in [0.25, 0.3) is 0 Å². The molecule has 3 rings (SSSR count). The highest BCUT2D eigenvalue weighted by atomic mass is 19.1. The number of anilines is 3. The largest absolute Gasteiger partial charge is 0.462 e. The third kappa shape index (κ3) is 4.89. The van der Waals surface area contributed by atoms with Crippen molar-refractivity contribution in [1.82, 2.24) is 9.97 Å². The fourth-order valence-electron chi connectivity index (χ4n) is 2.42. The van der Waals surface area contributed by atoms with E-state index in [1.807, 2.05) is 0 Å². The van der Waals surface area contributed by atoms with E-state index >= 15 is 0 Å². The van der Waals surface area contributed by atoms with E-state index in [1.54, 1.807) is 25.1 Å². The van der Waals surface area contributed by atoms with Gasteiger partial charge in [-0.3, -0.25) is 4.79 Å². The molecule has 148 valence electrons. The fraction of sp³-hybridized carbons (Fsp3) is 0.100. The van der Waals surface area contributed by atoms with Gasteiger partial charge in [0, 0.05) is 12.3 Å². The summed E-state index contributed by atoms with van der Waals surface area (Å²) in [5.41, 5.74) is 0.387. The Hall–Kier alpha value is -3.88. The van der Waals surface area contributed by atoms with Gasteiger partial charge in [0.05, 0.1) is 23.5 Å². The lowest BCUT2D eigenvalue weighted by molar-refractivity contribution is 0.0527. The van der Waals surface area contributed by atoms with Crippen molar-refractivity contribution in [1.29, 1.82) is 0 Å². The highest BCUT2D eigenvalue weighted by Gasteiger charge is 2.16. The maximum absolute atomic E-state index is 13.8. The molecule has 2 aromatic carbocycles. The molecule has 0 aliphatic carbocycles. The van der Waals surface area contributed by atoms with Crippen LogP contribution in [0.4, 0.5) is 26.1 Å². The number of rotatable bonds is 6. The molecule has 0 atom stereocenters. The highest BCUT2D eigenvalue weighted by Crippen LogP contribution is 2.20. The molecule has 0 aliphatic rings. The first-order chi connectivity index (χ1) is 14.0. The van der Waals surface area contributed by atoms with Crippen LogP contribution in [0.15, 0.2) is 54.7 Å². The van der Waals surface area contributed by atoms with Crippen LogP contribution < -0.4 is 10.6 Å². The molecule has 9 heteroatoms. The molecular weight excluding hydrogens is 382 g/mol. The molecule has 0 unspecified atom stereocenters. The van der Waals surface area contributed by atoms with Crippen molar-refractivity contribution < 1.29 is 23.1 Å². The molecular formula is C20H16F2N4O3. The number of halogens is 2. The average molecular weight is 398 g/mol. The predicted molar refractivity (Wildman–Crippen MR) is 102 cm³/mol. The van der Waals surface area contributed by atoms with Gasteiger partial charge in [-0.1, -0.05) is 12.1 Å². The summed E-state index contributed by atoms with van der Waals surface area (Å²) >= 11 is 0. The van der Waals surface area contributed by atoms with Crippen molar-refractivity contribution in [2.24, 2.45) is 0 Å². The molecule has 7 nitrogen and oxygen atoms in total. The minimum atomic E-state index is -0.827. The molecule has 2 N–H and O–H groups in total. The Labute approximate surface area is 164 Å². The smallest absolute Gasteiger partial charge is 0.340 e. The summed E-state index contributed by atoms with van der Waals surface area (Å²) in [5, 5.41) is 5.18.